The highest BCUT2D eigenvalue weighted by Gasteiger charge is 2.34. The normalized spacial score (nSPS) is 15.3. The number of nitrogens with one attached hydrogen (secondary N) is 7. The predicted octanol–water partition coefficient (Wildman–Crippen LogP) is -4.67. The van der Waals surface area contributed by atoms with E-state index < -0.39 is 53.9 Å². The molecule has 638 valence electrons. The summed E-state index contributed by atoms with van der Waals surface area (Å²) < 4.78 is 73.0. The molecule has 0 spiro atoms. The molecule has 11 amide bonds. The first kappa shape index (κ1) is 101. The first-order valence-corrected chi connectivity index (χ1v) is 36.6. The number of carbonyl (C=O) groups is 14. The van der Waals surface area contributed by atoms with Crippen molar-refractivity contribution in [3.8, 4) is 0 Å². The van der Waals surface area contributed by atoms with Crippen LogP contribution in [-0.4, -0.2) is 349 Å². The topological polar surface area (TPSA) is 567 Å². The van der Waals surface area contributed by atoms with Crippen LogP contribution in [0.25, 0.3) is 0 Å². The van der Waals surface area contributed by atoms with E-state index in [1.807, 2.05) is 5.43 Å². The Morgan fingerprint density at radius 1 is 0.396 bits per heavy atom. The maximum absolute atomic E-state index is 11.9. The molecule has 13 N–H and O–H groups in total. The van der Waals surface area contributed by atoms with Crippen molar-refractivity contribution in [2.24, 2.45) is 11.7 Å². The number of hydrazine groups is 3. The molecule has 0 aromatic carbocycles. The fourth-order valence-electron chi connectivity index (χ4n) is 9.03. The average molecular weight is 1600 g/mol. The highest BCUT2D eigenvalue weighted by molar-refractivity contribution is 6.02. The van der Waals surface area contributed by atoms with Crippen molar-refractivity contribution in [1.82, 2.24) is 57.4 Å². The largest absolute Gasteiger partial charge is 0.452 e. The molecule has 111 heavy (non-hydrogen) atoms. The molecule has 0 aromatic rings. The lowest BCUT2D eigenvalue weighted by Gasteiger charge is -2.19. The standard InChI is InChI=1S/C24H44N4O10.C22H33N3O11.C19H36N4O8.C2H6N2O2/c1-24(2,3)38-23(33)27-26-20(30)7-10-34-12-14-36-16-17-37-15-13-35-11-8-25-18-19(29)6-9-28-21(31)4-5-22(28)32;26-17(5-8-24-18(27)1-2-19(24)28)23-7-10-33-12-14-35-16-15-34-13-11-32-9-6-22(31)36-25-20(29)3-4-21(25)30;20-22-17(25)4-7-28-9-11-30-13-14-31-12-10-29-8-5-21-15-16(24)3-6-23-18(26)1-2-19(23)27;1-6-2(5)4-3/h21,25,31H,4-18H2,1-3H3,(H,26,30)(H,27,33);1-16H2,(H,23,26);18,21,26H,1-15,20H2,(H,22,25);3H2,1H3,(H,4,5). The number of methoxy groups -OCH3 is 1. The molecule has 0 bridgehead atoms. The van der Waals surface area contributed by atoms with Gasteiger partial charge in [0.2, 0.25) is 41.4 Å². The summed E-state index contributed by atoms with van der Waals surface area (Å²) in [5, 5.41) is 28.4. The lowest BCUT2D eigenvalue weighted by molar-refractivity contribution is -0.198. The molecule has 4 heterocycles. The second kappa shape index (κ2) is 65.8. The first-order valence-electron chi connectivity index (χ1n) is 36.6. The number of nitrogens with zero attached hydrogens (tertiary/aromatic N) is 4. The minimum Gasteiger partial charge on any atom is -0.452 e. The summed E-state index contributed by atoms with van der Waals surface area (Å²) >= 11 is 0. The van der Waals surface area contributed by atoms with Crippen molar-refractivity contribution in [2.45, 2.75) is 129 Å². The summed E-state index contributed by atoms with van der Waals surface area (Å²) in [6.45, 7) is 16.2. The lowest BCUT2D eigenvalue weighted by atomic mass is 10.2. The van der Waals surface area contributed by atoms with E-state index in [1.165, 1.54) is 16.9 Å². The molecular weight excluding hydrogens is 1480 g/mol. The van der Waals surface area contributed by atoms with Crippen LogP contribution in [0.2, 0.25) is 0 Å². The third-order valence-electron chi connectivity index (χ3n) is 14.7. The number of likely N-dealkylation sites (tertiary alicyclic amines) is 3. The zero-order valence-corrected chi connectivity index (χ0v) is 64.4. The minimum atomic E-state index is -0.769. The molecule has 0 aromatic heterocycles. The molecule has 2 unspecified atom stereocenters. The van der Waals surface area contributed by atoms with E-state index in [9.17, 15) is 77.3 Å². The van der Waals surface area contributed by atoms with Gasteiger partial charge in [-0.3, -0.25) is 73.9 Å². The van der Waals surface area contributed by atoms with Crippen LogP contribution in [0.1, 0.15) is 111 Å². The van der Waals surface area contributed by atoms with Crippen LogP contribution < -0.4 is 49.3 Å². The molecule has 4 saturated heterocycles. The van der Waals surface area contributed by atoms with Gasteiger partial charge in [-0.05, 0) is 20.8 Å². The molecule has 44 nitrogen and oxygen atoms in total. The molecule has 0 aliphatic carbocycles. The summed E-state index contributed by atoms with van der Waals surface area (Å²) in [6.07, 6.45) is -0.108. The second-order valence-electron chi connectivity index (χ2n) is 24.7. The zero-order valence-electron chi connectivity index (χ0n) is 64.4. The molecule has 4 rings (SSSR count). The highest BCUT2D eigenvalue weighted by Crippen LogP contribution is 2.18. The van der Waals surface area contributed by atoms with Gasteiger partial charge in [0.15, 0.2) is 0 Å². The van der Waals surface area contributed by atoms with Gasteiger partial charge in [0.05, 0.1) is 198 Å². The molecule has 4 aliphatic rings. The maximum atomic E-state index is 11.9. The highest BCUT2D eigenvalue weighted by atomic mass is 16.7. The summed E-state index contributed by atoms with van der Waals surface area (Å²) in [7, 11) is 1.24. The van der Waals surface area contributed by atoms with Gasteiger partial charge in [-0.15, -0.1) is 5.06 Å². The third-order valence-corrected chi connectivity index (χ3v) is 14.7. The Hall–Kier alpha value is -7.74. The third kappa shape index (κ3) is 56.2. The summed E-state index contributed by atoms with van der Waals surface area (Å²) in [5.74, 6) is 6.10. The van der Waals surface area contributed by atoms with Gasteiger partial charge in [-0.1, -0.05) is 0 Å². The number of nitrogens with two attached hydrogens (primary N) is 2. The number of ketones is 2. The van der Waals surface area contributed by atoms with Gasteiger partial charge in [0.25, 0.3) is 11.8 Å². The number of ether oxygens (including phenoxy) is 14. The van der Waals surface area contributed by atoms with Crippen LogP contribution in [0.5, 0.6) is 0 Å². The van der Waals surface area contributed by atoms with Crippen molar-refractivity contribution >= 4 is 82.9 Å². The van der Waals surface area contributed by atoms with Gasteiger partial charge < -0.3 is 107 Å². The van der Waals surface area contributed by atoms with Gasteiger partial charge in [0.1, 0.15) is 29.6 Å². The Morgan fingerprint density at radius 2 is 0.757 bits per heavy atom. The quantitative estimate of drug-likeness (QED) is 0.00896. The molecule has 0 radical (unpaired) electrons. The number of Topliss-reactive ketones (excluding diaryl/α,β-unsaturated/α-hetero) is 2. The number of rotatable bonds is 59. The minimum absolute atomic E-state index is 0.0123. The Bertz CT molecular complexity index is 2670. The number of aliphatic hydroxyl groups is 2. The van der Waals surface area contributed by atoms with Crippen molar-refractivity contribution < 1.29 is 148 Å². The van der Waals surface area contributed by atoms with Crippen molar-refractivity contribution in [2.75, 3.05) is 218 Å². The van der Waals surface area contributed by atoms with E-state index >= 15 is 0 Å². The summed E-state index contributed by atoms with van der Waals surface area (Å²) in [6, 6.07) is 0. The first-order chi connectivity index (χ1) is 53.3. The Kier molecular flexibility index (Phi) is 60.0. The Morgan fingerprint density at radius 3 is 1.11 bits per heavy atom. The molecule has 4 fully saturated rings. The Labute approximate surface area is 645 Å². The van der Waals surface area contributed by atoms with E-state index in [0.717, 1.165) is 4.90 Å². The SMILES string of the molecule is CC(C)(C)OC(=O)NNC(=O)CCOCCOCCOCCOCCNCC(=O)CCN1C(=O)CCC1O.COC(=O)NN.NNC(=O)CCOCCOCCOCCOCCNCC(=O)CCN1C(=O)CCC1O.O=C(CCN1C(=O)CCC1=O)NCCOCCOCCOCCOCCC(=O)ON1C(=O)CCC1=O. The van der Waals surface area contributed by atoms with Crippen LogP contribution in [0.15, 0.2) is 0 Å². The van der Waals surface area contributed by atoms with E-state index in [-0.39, 0.29) is 164 Å². The number of imide groups is 2. The number of carbonyl (C=O) groups excluding carboxylic acids is 14. The van der Waals surface area contributed by atoms with E-state index in [4.69, 9.17) is 72.3 Å². The molecule has 4 aliphatic heterocycles. The summed E-state index contributed by atoms with van der Waals surface area (Å²) in [4.78, 5) is 168. The van der Waals surface area contributed by atoms with Crippen molar-refractivity contribution in [1.29, 1.82) is 0 Å². The fourth-order valence-corrected chi connectivity index (χ4v) is 9.03. The van der Waals surface area contributed by atoms with Crippen LogP contribution in [0.3, 0.4) is 0 Å². The van der Waals surface area contributed by atoms with E-state index in [2.05, 4.69) is 37.4 Å². The van der Waals surface area contributed by atoms with Crippen LogP contribution in [-0.2, 0) is 129 Å². The monoisotopic (exact) mass is 1600 g/mol. The van der Waals surface area contributed by atoms with Crippen LogP contribution in [0.4, 0.5) is 9.59 Å². The molecular formula is C67H119N13O31. The van der Waals surface area contributed by atoms with Gasteiger partial charge in [0, 0.05) is 110 Å². The van der Waals surface area contributed by atoms with E-state index in [1.54, 1.807) is 26.2 Å². The van der Waals surface area contributed by atoms with Crippen molar-refractivity contribution in [3.63, 3.8) is 0 Å². The lowest BCUT2D eigenvalue weighted by Crippen LogP contribution is -2.44. The molecule has 2 atom stereocenters. The number of hydroxylamine groups is 2. The van der Waals surface area contributed by atoms with Crippen LogP contribution >= 0.6 is 0 Å². The van der Waals surface area contributed by atoms with Crippen LogP contribution in [0, 0.1) is 0 Å². The number of hydrogen-bond acceptors (Lipinski definition) is 35. The van der Waals surface area contributed by atoms with Gasteiger partial charge in [-0.25, -0.2) is 31.5 Å². The number of hydrogen-bond donors (Lipinski definition) is 11. The number of amides is 11. The van der Waals surface area contributed by atoms with E-state index in [0.29, 0.717) is 189 Å². The Balaban J connectivity index is 0.000000804. The van der Waals surface area contributed by atoms with Gasteiger partial charge in [-0.2, -0.15) is 0 Å². The smallest absolute Gasteiger partial charge is 0.426 e. The van der Waals surface area contributed by atoms with Gasteiger partial charge >= 0.3 is 18.2 Å². The fraction of sp³-hybridized carbons (Fsp3) is 0.791. The zero-order chi connectivity index (χ0) is 82.1. The molecule has 44 heteroatoms. The van der Waals surface area contributed by atoms with Crippen molar-refractivity contribution in [3.05, 3.63) is 0 Å². The average Bonchev–Trinajstić information content (AvgIpc) is 1.77. The molecule has 0 saturated carbocycles. The maximum Gasteiger partial charge on any atom is 0.426 e. The second-order valence-corrected chi connectivity index (χ2v) is 24.7. The summed E-state index contributed by atoms with van der Waals surface area (Å²) in [5.41, 5.74) is 7.53. The number of aliphatic hydroxyl groups excluding tert-OH is 2. The predicted molar refractivity (Wildman–Crippen MR) is 383 cm³/mol.